The van der Waals surface area contributed by atoms with Crippen molar-refractivity contribution in [3.05, 3.63) is 48.9 Å². The van der Waals surface area contributed by atoms with E-state index in [-0.39, 0.29) is 0 Å². The lowest BCUT2D eigenvalue weighted by molar-refractivity contribution is 0.0634. The number of aromatic nitrogens is 4. The average molecular weight is 351 g/mol. The molecule has 26 heavy (non-hydrogen) atoms. The van der Waals surface area contributed by atoms with Crippen molar-refractivity contribution in [3.63, 3.8) is 0 Å². The Morgan fingerprint density at radius 2 is 1.69 bits per heavy atom. The predicted octanol–water partition coefficient (Wildman–Crippen LogP) is 3.89. The van der Waals surface area contributed by atoms with E-state index in [0.29, 0.717) is 17.1 Å². The zero-order valence-corrected chi connectivity index (χ0v) is 15.2. The van der Waals surface area contributed by atoms with Crippen LogP contribution in [0.4, 0.5) is 10.6 Å². The maximum atomic E-state index is 12.1. The number of hydrogen-bond donors (Lipinski definition) is 1. The monoisotopic (exact) mass is 351 g/mol. The van der Waals surface area contributed by atoms with Crippen LogP contribution in [0.3, 0.4) is 0 Å². The molecule has 1 amide bonds. The zero-order chi connectivity index (χ0) is 18.7. The SMILES string of the molecule is Cn1ncc(-c2cnc(-c3ccccc3)cn2)c1NC(=O)OC(C)(C)C. The number of anilines is 1. The molecule has 0 fully saturated rings. The van der Waals surface area contributed by atoms with E-state index in [2.05, 4.69) is 20.4 Å². The Labute approximate surface area is 152 Å². The van der Waals surface area contributed by atoms with E-state index in [1.807, 2.05) is 51.1 Å². The van der Waals surface area contributed by atoms with E-state index < -0.39 is 11.7 Å². The molecule has 1 N–H and O–H groups in total. The molecular formula is C19H21N5O2. The first-order valence-corrected chi connectivity index (χ1v) is 8.23. The third-order valence-electron chi connectivity index (χ3n) is 3.56. The molecule has 0 atom stereocenters. The summed E-state index contributed by atoms with van der Waals surface area (Å²) in [5.74, 6) is 0.501. The molecule has 0 radical (unpaired) electrons. The standard InChI is InChI=1S/C19H21N5O2/c1-19(2,3)26-18(25)23-17-14(10-22-24(17)4)16-12-20-15(11-21-16)13-8-6-5-7-9-13/h5-12H,1-4H3,(H,23,25). The molecule has 7 nitrogen and oxygen atoms in total. The Hall–Kier alpha value is -3.22. The van der Waals surface area contributed by atoms with Gasteiger partial charge in [0.25, 0.3) is 0 Å². The van der Waals surface area contributed by atoms with Gasteiger partial charge < -0.3 is 4.74 Å². The molecule has 7 heteroatoms. The van der Waals surface area contributed by atoms with Crippen LogP contribution < -0.4 is 5.32 Å². The molecule has 2 aromatic heterocycles. The topological polar surface area (TPSA) is 81.9 Å². The lowest BCUT2D eigenvalue weighted by Crippen LogP contribution is -2.28. The summed E-state index contributed by atoms with van der Waals surface area (Å²) in [5, 5.41) is 6.93. The molecule has 0 aliphatic carbocycles. The van der Waals surface area contributed by atoms with Gasteiger partial charge in [-0.2, -0.15) is 5.10 Å². The number of carbonyl (C=O) groups is 1. The highest BCUT2D eigenvalue weighted by Crippen LogP contribution is 2.27. The molecular weight excluding hydrogens is 330 g/mol. The maximum Gasteiger partial charge on any atom is 0.413 e. The van der Waals surface area contributed by atoms with Gasteiger partial charge in [0.1, 0.15) is 11.4 Å². The predicted molar refractivity (Wildman–Crippen MR) is 99.5 cm³/mol. The third kappa shape index (κ3) is 4.05. The average Bonchev–Trinajstić information content (AvgIpc) is 2.95. The third-order valence-corrected chi connectivity index (χ3v) is 3.56. The van der Waals surface area contributed by atoms with Crippen molar-refractivity contribution in [1.29, 1.82) is 0 Å². The minimum atomic E-state index is -0.583. The summed E-state index contributed by atoms with van der Waals surface area (Å²) in [6.45, 7) is 5.43. The molecule has 2 heterocycles. The Kier molecular flexibility index (Phi) is 4.71. The minimum absolute atomic E-state index is 0.501. The fourth-order valence-electron chi connectivity index (χ4n) is 2.40. The molecule has 0 aliphatic heterocycles. The summed E-state index contributed by atoms with van der Waals surface area (Å²) >= 11 is 0. The van der Waals surface area contributed by atoms with Crippen LogP contribution in [0.1, 0.15) is 20.8 Å². The second-order valence-electron chi connectivity index (χ2n) is 6.81. The van der Waals surface area contributed by atoms with Crippen molar-refractivity contribution in [1.82, 2.24) is 19.7 Å². The summed E-state index contributed by atoms with van der Waals surface area (Å²) in [4.78, 5) is 21.0. The van der Waals surface area contributed by atoms with E-state index in [0.717, 1.165) is 11.3 Å². The number of aryl methyl sites for hydroxylation is 1. The van der Waals surface area contributed by atoms with E-state index in [1.54, 1.807) is 30.3 Å². The number of nitrogens with one attached hydrogen (secondary N) is 1. The highest BCUT2D eigenvalue weighted by Gasteiger charge is 2.20. The molecule has 0 bridgehead atoms. The molecule has 1 aromatic carbocycles. The van der Waals surface area contributed by atoms with E-state index in [1.165, 1.54) is 0 Å². The molecule has 0 saturated heterocycles. The number of hydrogen-bond acceptors (Lipinski definition) is 5. The summed E-state index contributed by atoms with van der Waals surface area (Å²) in [6.07, 6.45) is 4.46. The van der Waals surface area contributed by atoms with E-state index in [4.69, 9.17) is 4.74 Å². The summed E-state index contributed by atoms with van der Waals surface area (Å²) in [7, 11) is 1.74. The number of rotatable bonds is 3. The zero-order valence-electron chi connectivity index (χ0n) is 15.2. The lowest BCUT2D eigenvalue weighted by atomic mass is 10.1. The second kappa shape index (κ2) is 6.95. The maximum absolute atomic E-state index is 12.1. The summed E-state index contributed by atoms with van der Waals surface area (Å²) in [6, 6.07) is 9.81. The Bertz CT molecular complexity index is 896. The smallest absolute Gasteiger partial charge is 0.413 e. The van der Waals surface area contributed by atoms with Gasteiger partial charge in [-0.15, -0.1) is 0 Å². The van der Waals surface area contributed by atoms with Crippen LogP contribution in [-0.2, 0) is 11.8 Å². The molecule has 3 rings (SSSR count). The van der Waals surface area contributed by atoms with Crippen LogP contribution in [0.25, 0.3) is 22.5 Å². The molecule has 3 aromatic rings. The number of benzene rings is 1. The largest absolute Gasteiger partial charge is 0.444 e. The van der Waals surface area contributed by atoms with Gasteiger partial charge in [0.05, 0.1) is 35.5 Å². The van der Waals surface area contributed by atoms with Gasteiger partial charge in [-0.1, -0.05) is 30.3 Å². The number of amides is 1. The molecule has 0 unspecified atom stereocenters. The van der Waals surface area contributed by atoms with Gasteiger partial charge in [-0.25, -0.2) is 4.79 Å². The highest BCUT2D eigenvalue weighted by molar-refractivity contribution is 5.89. The minimum Gasteiger partial charge on any atom is -0.444 e. The summed E-state index contributed by atoms with van der Waals surface area (Å²) in [5.41, 5.74) is 2.47. The van der Waals surface area contributed by atoms with Crippen LogP contribution in [0, 0.1) is 0 Å². The first-order chi connectivity index (χ1) is 12.3. The van der Waals surface area contributed by atoms with Crippen LogP contribution in [0.2, 0.25) is 0 Å². The van der Waals surface area contributed by atoms with Gasteiger partial charge in [-0.3, -0.25) is 20.0 Å². The van der Waals surface area contributed by atoms with Crippen LogP contribution in [-0.4, -0.2) is 31.4 Å². The van der Waals surface area contributed by atoms with Crippen LogP contribution >= 0.6 is 0 Å². The first-order valence-electron chi connectivity index (χ1n) is 8.23. The Balaban J connectivity index is 1.85. The normalized spacial score (nSPS) is 11.2. The van der Waals surface area contributed by atoms with Gasteiger partial charge in [-0.05, 0) is 20.8 Å². The van der Waals surface area contributed by atoms with Crippen molar-refractivity contribution in [2.75, 3.05) is 5.32 Å². The van der Waals surface area contributed by atoms with Crippen LogP contribution in [0.15, 0.2) is 48.9 Å². The van der Waals surface area contributed by atoms with E-state index >= 15 is 0 Å². The Morgan fingerprint density at radius 1 is 1.04 bits per heavy atom. The fraction of sp³-hybridized carbons (Fsp3) is 0.263. The fourth-order valence-corrected chi connectivity index (χ4v) is 2.40. The molecule has 0 aliphatic rings. The number of ether oxygens (including phenoxy) is 1. The highest BCUT2D eigenvalue weighted by atomic mass is 16.6. The molecule has 0 saturated carbocycles. The van der Waals surface area contributed by atoms with Crippen molar-refractivity contribution in [3.8, 4) is 22.5 Å². The quantitative estimate of drug-likeness (QED) is 0.774. The molecule has 134 valence electrons. The second-order valence-corrected chi connectivity index (χ2v) is 6.81. The molecule has 0 spiro atoms. The van der Waals surface area contributed by atoms with Gasteiger partial charge in [0, 0.05) is 12.6 Å². The van der Waals surface area contributed by atoms with Gasteiger partial charge >= 0.3 is 6.09 Å². The summed E-state index contributed by atoms with van der Waals surface area (Å²) < 4.78 is 6.87. The van der Waals surface area contributed by atoms with Crippen molar-refractivity contribution >= 4 is 11.9 Å². The van der Waals surface area contributed by atoms with Crippen molar-refractivity contribution in [2.45, 2.75) is 26.4 Å². The number of nitrogens with zero attached hydrogens (tertiary/aromatic N) is 4. The number of carbonyl (C=O) groups excluding carboxylic acids is 1. The van der Waals surface area contributed by atoms with Gasteiger partial charge in [0.2, 0.25) is 0 Å². The van der Waals surface area contributed by atoms with E-state index in [9.17, 15) is 4.79 Å². The Morgan fingerprint density at radius 3 is 2.31 bits per heavy atom. The first kappa shape index (κ1) is 17.6. The lowest BCUT2D eigenvalue weighted by Gasteiger charge is -2.20. The van der Waals surface area contributed by atoms with Gasteiger partial charge in [0.15, 0.2) is 0 Å². The van der Waals surface area contributed by atoms with Crippen molar-refractivity contribution in [2.24, 2.45) is 7.05 Å². The van der Waals surface area contributed by atoms with Crippen LogP contribution in [0.5, 0.6) is 0 Å². The van der Waals surface area contributed by atoms with Crippen molar-refractivity contribution < 1.29 is 9.53 Å².